The summed E-state index contributed by atoms with van der Waals surface area (Å²) < 4.78 is 34.8. The minimum Gasteiger partial charge on any atom is -0.480 e. The Hall–Kier alpha value is -1.58. The standard InChI is InChI=1S/C11H13N3O4S2/c1-6(2)9(11(15)16)14-20(17,18)8-5-3-4-7-10(8)13-19-12-7/h3-6,9,14H,1-2H3,(H,15,16)/t9-/m1/s1. The fraction of sp³-hybridized carbons (Fsp3) is 0.364. The van der Waals surface area contributed by atoms with E-state index in [0.717, 1.165) is 11.7 Å². The molecule has 0 aliphatic rings. The molecule has 2 aromatic rings. The van der Waals surface area contributed by atoms with Gasteiger partial charge in [0.05, 0.1) is 11.7 Å². The van der Waals surface area contributed by atoms with Gasteiger partial charge in [0.25, 0.3) is 0 Å². The van der Waals surface area contributed by atoms with Gasteiger partial charge in [0.15, 0.2) is 0 Å². The Kier molecular flexibility index (Phi) is 4.02. The number of aromatic nitrogens is 2. The molecule has 1 heterocycles. The van der Waals surface area contributed by atoms with Crippen LogP contribution in [0.25, 0.3) is 11.0 Å². The van der Waals surface area contributed by atoms with Gasteiger partial charge < -0.3 is 5.11 Å². The number of nitrogens with one attached hydrogen (secondary N) is 1. The molecule has 0 unspecified atom stereocenters. The average molecular weight is 315 g/mol. The lowest BCUT2D eigenvalue weighted by Crippen LogP contribution is -2.44. The Labute approximate surface area is 120 Å². The maximum absolute atomic E-state index is 12.3. The van der Waals surface area contributed by atoms with Crippen molar-refractivity contribution < 1.29 is 18.3 Å². The van der Waals surface area contributed by atoms with E-state index in [4.69, 9.17) is 5.11 Å². The first-order valence-corrected chi connectivity index (χ1v) is 8.00. The first-order valence-electron chi connectivity index (χ1n) is 5.79. The van der Waals surface area contributed by atoms with Crippen molar-refractivity contribution in [2.45, 2.75) is 24.8 Å². The number of nitrogens with zero attached hydrogens (tertiary/aromatic N) is 2. The number of carboxylic acid groups (broad SMARTS) is 1. The highest BCUT2D eigenvalue weighted by Crippen LogP contribution is 2.21. The van der Waals surface area contributed by atoms with Crippen molar-refractivity contribution in [3.05, 3.63) is 18.2 Å². The predicted octanol–water partition coefficient (Wildman–Crippen LogP) is 1.08. The first-order chi connectivity index (χ1) is 9.33. The molecule has 0 saturated carbocycles. The van der Waals surface area contributed by atoms with Crippen LogP contribution in [-0.4, -0.2) is 34.3 Å². The lowest BCUT2D eigenvalue weighted by atomic mass is 10.1. The minimum atomic E-state index is -3.97. The van der Waals surface area contributed by atoms with Gasteiger partial charge in [-0.05, 0) is 18.1 Å². The summed E-state index contributed by atoms with van der Waals surface area (Å²) in [5.74, 6) is -1.60. The Morgan fingerprint density at radius 1 is 1.35 bits per heavy atom. The predicted molar refractivity (Wildman–Crippen MR) is 74.0 cm³/mol. The van der Waals surface area contributed by atoms with Crippen molar-refractivity contribution in [1.82, 2.24) is 13.5 Å². The van der Waals surface area contributed by atoms with Crippen LogP contribution in [0.3, 0.4) is 0 Å². The fourth-order valence-electron chi connectivity index (χ4n) is 1.70. The molecule has 0 saturated heterocycles. The monoisotopic (exact) mass is 315 g/mol. The van der Waals surface area contributed by atoms with Crippen molar-refractivity contribution in [2.75, 3.05) is 0 Å². The molecule has 1 atom stereocenters. The van der Waals surface area contributed by atoms with Crippen LogP contribution in [0.2, 0.25) is 0 Å². The smallest absolute Gasteiger partial charge is 0.322 e. The molecule has 108 valence electrons. The van der Waals surface area contributed by atoms with Crippen molar-refractivity contribution >= 4 is 38.8 Å². The Morgan fingerprint density at radius 2 is 2.05 bits per heavy atom. The summed E-state index contributed by atoms with van der Waals surface area (Å²) in [5, 5.41) is 9.07. The summed E-state index contributed by atoms with van der Waals surface area (Å²) in [4.78, 5) is 11.1. The second-order valence-corrected chi connectivity index (χ2v) is 6.78. The van der Waals surface area contributed by atoms with Crippen LogP contribution in [0.5, 0.6) is 0 Å². The highest BCUT2D eigenvalue weighted by molar-refractivity contribution is 7.89. The molecule has 0 fully saturated rings. The number of carbonyl (C=O) groups is 1. The largest absolute Gasteiger partial charge is 0.480 e. The van der Waals surface area contributed by atoms with Crippen LogP contribution in [0, 0.1) is 5.92 Å². The third kappa shape index (κ3) is 2.79. The zero-order chi connectivity index (χ0) is 14.9. The molecule has 0 bridgehead atoms. The Morgan fingerprint density at radius 3 is 2.65 bits per heavy atom. The van der Waals surface area contributed by atoms with E-state index in [1.54, 1.807) is 26.0 Å². The Bertz CT molecular complexity index is 739. The lowest BCUT2D eigenvalue weighted by Gasteiger charge is -2.17. The third-order valence-electron chi connectivity index (χ3n) is 2.75. The molecule has 0 aliphatic heterocycles. The van der Waals surface area contributed by atoms with Gasteiger partial charge >= 0.3 is 5.97 Å². The van der Waals surface area contributed by atoms with E-state index in [1.165, 1.54) is 6.07 Å². The van der Waals surface area contributed by atoms with Crippen molar-refractivity contribution in [2.24, 2.45) is 5.92 Å². The molecule has 0 amide bonds. The van der Waals surface area contributed by atoms with E-state index < -0.39 is 22.0 Å². The minimum absolute atomic E-state index is 0.0596. The van der Waals surface area contributed by atoms with Crippen LogP contribution in [0.15, 0.2) is 23.1 Å². The molecule has 2 rings (SSSR count). The molecule has 0 aliphatic carbocycles. The number of aliphatic carboxylic acids is 1. The molecular weight excluding hydrogens is 302 g/mol. The quantitative estimate of drug-likeness (QED) is 0.854. The van der Waals surface area contributed by atoms with Crippen LogP contribution >= 0.6 is 11.7 Å². The highest BCUT2D eigenvalue weighted by Gasteiger charge is 2.29. The number of hydrogen-bond donors (Lipinski definition) is 2. The summed E-state index contributed by atoms with van der Waals surface area (Å²) in [6, 6.07) is 3.38. The molecular formula is C11H13N3O4S2. The van der Waals surface area contributed by atoms with E-state index in [-0.39, 0.29) is 16.3 Å². The van der Waals surface area contributed by atoms with E-state index in [1.807, 2.05) is 0 Å². The third-order valence-corrected chi connectivity index (χ3v) is 4.77. The zero-order valence-electron chi connectivity index (χ0n) is 10.8. The number of rotatable bonds is 5. The van der Waals surface area contributed by atoms with Crippen LogP contribution < -0.4 is 4.72 Å². The number of hydrogen-bond acceptors (Lipinski definition) is 6. The van der Waals surface area contributed by atoms with Crippen LogP contribution in [0.1, 0.15) is 13.8 Å². The average Bonchev–Trinajstić information content (AvgIpc) is 2.83. The van der Waals surface area contributed by atoms with E-state index in [0.29, 0.717) is 5.52 Å². The van der Waals surface area contributed by atoms with Crippen molar-refractivity contribution in [3.8, 4) is 0 Å². The van der Waals surface area contributed by atoms with Gasteiger partial charge in [-0.2, -0.15) is 13.5 Å². The number of fused-ring (bicyclic) bond motifs is 1. The summed E-state index contributed by atoms with van der Waals surface area (Å²) >= 11 is 0.906. The van der Waals surface area contributed by atoms with E-state index in [9.17, 15) is 13.2 Å². The van der Waals surface area contributed by atoms with Gasteiger partial charge in [0, 0.05) is 0 Å². The normalized spacial score (nSPS) is 13.8. The van der Waals surface area contributed by atoms with Crippen LogP contribution in [0.4, 0.5) is 0 Å². The van der Waals surface area contributed by atoms with Gasteiger partial charge in [-0.25, -0.2) is 8.42 Å². The Balaban J connectivity index is 2.45. The summed E-state index contributed by atoms with van der Waals surface area (Å²) in [6.07, 6.45) is 0. The van der Waals surface area contributed by atoms with E-state index >= 15 is 0 Å². The highest BCUT2D eigenvalue weighted by atomic mass is 32.2. The van der Waals surface area contributed by atoms with Gasteiger partial charge in [-0.3, -0.25) is 4.79 Å². The van der Waals surface area contributed by atoms with Crippen LogP contribution in [-0.2, 0) is 14.8 Å². The molecule has 20 heavy (non-hydrogen) atoms. The topological polar surface area (TPSA) is 109 Å². The maximum atomic E-state index is 12.3. The second kappa shape index (κ2) is 5.43. The fourth-order valence-corrected chi connectivity index (χ4v) is 3.80. The SMILES string of the molecule is CC(C)[C@@H](NS(=O)(=O)c1cccc2nsnc12)C(=O)O. The van der Waals surface area contributed by atoms with Gasteiger partial charge in [-0.15, -0.1) is 0 Å². The lowest BCUT2D eigenvalue weighted by molar-refractivity contribution is -0.140. The van der Waals surface area contributed by atoms with E-state index in [2.05, 4.69) is 13.5 Å². The summed E-state index contributed by atoms with van der Waals surface area (Å²) in [5.41, 5.74) is 0.715. The van der Waals surface area contributed by atoms with Crippen molar-refractivity contribution in [1.29, 1.82) is 0 Å². The summed E-state index contributed by atoms with van der Waals surface area (Å²) in [6.45, 7) is 3.26. The number of benzene rings is 1. The van der Waals surface area contributed by atoms with Crippen molar-refractivity contribution in [3.63, 3.8) is 0 Å². The maximum Gasteiger partial charge on any atom is 0.322 e. The molecule has 9 heteroatoms. The molecule has 1 aromatic carbocycles. The number of carboxylic acids is 1. The molecule has 0 radical (unpaired) electrons. The van der Waals surface area contributed by atoms with Gasteiger partial charge in [0.1, 0.15) is 22.0 Å². The van der Waals surface area contributed by atoms with Gasteiger partial charge in [0.2, 0.25) is 10.0 Å². The molecule has 1 aromatic heterocycles. The molecule has 7 nitrogen and oxygen atoms in total. The molecule has 0 spiro atoms. The van der Waals surface area contributed by atoms with Gasteiger partial charge in [-0.1, -0.05) is 19.9 Å². The number of sulfonamides is 1. The first kappa shape index (κ1) is 14.8. The molecule has 2 N–H and O–H groups in total. The summed E-state index contributed by atoms with van der Waals surface area (Å²) in [7, 11) is -3.97. The second-order valence-electron chi connectivity index (χ2n) is 4.57. The zero-order valence-corrected chi connectivity index (χ0v) is 12.4.